The first kappa shape index (κ1) is 25.4. The van der Waals surface area contributed by atoms with E-state index in [-0.39, 0.29) is 47.5 Å². The molecule has 0 atom stereocenters. The van der Waals surface area contributed by atoms with Gasteiger partial charge in [-0.05, 0) is 36.6 Å². The van der Waals surface area contributed by atoms with Crippen molar-refractivity contribution in [2.75, 3.05) is 18.0 Å². The van der Waals surface area contributed by atoms with Gasteiger partial charge < -0.3 is 10.6 Å². The summed E-state index contributed by atoms with van der Waals surface area (Å²) in [7, 11) is 1.62. The number of halogens is 4. The van der Waals surface area contributed by atoms with Crippen molar-refractivity contribution in [2.24, 2.45) is 18.2 Å². The van der Waals surface area contributed by atoms with Crippen molar-refractivity contribution < 1.29 is 13.2 Å². The smallest absolute Gasteiger partial charge is 0.272 e. The number of rotatable bonds is 4. The van der Waals surface area contributed by atoms with Crippen LogP contribution in [0.2, 0.25) is 5.02 Å². The Bertz CT molecular complexity index is 1750. The number of aryl methyl sites for hydroxylation is 1. The predicted octanol–water partition coefficient (Wildman–Crippen LogP) is 4.74. The number of aromatic nitrogens is 4. The van der Waals surface area contributed by atoms with Crippen molar-refractivity contribution >= 4 is 28.1 Å². The number of nitrogens with zero attached hydrogens (tertiary/aromatic N) is 5. The molecular weight excluding hydrogens is 531 g/mol. The molecule has 200 valence electrons. The number of aromatic amines is 1. The number of nitrogens with two attached hydrogens (primary N) is 1. The van der Waals surface area contributed by atoms with Crippen LogP contribution in [0.1, 0.15) is 30.5 Å². The Kier molecular flexibility index (Phi) is 5.75. The van der Waals surface area contributed by atoms with Gasteiger partial charge in [-0.25, -0.2) is 18.3 Å². The Morgan fingerprint density at radius 2 is 1.95 bits per heavy atom. The first-order valence-electron chi connectivity index (χ1n) is 12.4. The molecule has 1 saturated carbocycles. The van der Waals surface area contributed by atoms with Gasteiger partial charge in [0.2, 0.25) is 0 Å². The van der Waals surface area contributed by atoms with Crippen molar-refractivity contribution in [3.8, 4) is 28.5 Å². The van der Waals surface area contributed by atoms with E-state index < -0.39 is 17.2 Å². The molecule has 2 aromatic carbocycles. The molecule has 0 amide bonds. The lowest BCUT2D eigenvalue weighted by Crippen LogP contribution is -2.37. The maximum Gasteiger partial charge on any atom is 0.272 e. The molecule has 2 aliphatic rings. The summed E-state index contributed by atoms with van der Waals surface area (Å²) in [6, 6.07) is 8.58. The van der Waals surface area contributed by atoms with Crippen LogP contribution in [0.25, 0.3) is 33.2 Å². The summed E-state index contributed by atoms with van der Waals surface area (Å²) in [4.78, 5) is 14.1. The molecular formula is C27H23ClF3N7O. The highest BCUT2D eigenvalue weighted by molar-refractivity contribution is 6.31. The topological polar surface area (TPSA) is 117 Å². The first-order valence-corrected chi connectivity index (χ1v) is 12.8. The maximum atomic E-state index is 15.8. The van der Waals surface area contributed by atoms with E-state index in [1.807, 2.05) is 4.90 Å². The molecule has 2 fully saturated rings. The number of fused-ring (bicyclic) bond motifs is 1. The Morgan fingerprint density at radius 1 is 1.23 bits per heavy atom. The van der Waals surface area contributed by atoms with Crippen LogP contribution in [0.4, 0.5) is 18.9 Å². The van der Waals surface area contributed by atoms with Gasteiger partial charge in [0, 0.05) is 49.5 Å². The third kappa shape index (κ3) is 3.81. The molecule has 1 saturated heterocycles. The Hall–Kier alpha value is -3.88. The standard InChI is InChI=1S/C27H23ClF3N7O/c1-37-24(18(12-34-37)14-2-3-15-16(8-14)20(11-33)35-36-25(15)39)22-17(10-32)21(9-19(28)23(22)29)38-6-4-26(5-7-38)13-27(26,30)31/h2-3,8-9,12H,4-7,11,13,33H2,1H3,(H,36,39). The van der Waals surface area contributed by atoms with Crippen molar-refractivity contribution in [3.05, 3.63) is 62.9 Å². The molecule has 4 aromatic rings. The van der Waals surface area contributed by atoms with Crippen LogP contribution in [-0.4, -0.2) is 39.0 Å². The fourth-order valence-electron chi connectivity index (χ4n) is 5.78. The zero-order chi connectivity index (χ0) is 27.7. The van der Waals surface area contributed by atoms with Crippen LogP contribution in [0.15, 0.2) is 35.3 Å². The number of nitrogens with one attached hydrogen (secondary N) is 1. The van der Waals surface area contributed by atoms with E-state index in [0.29, 0.717) is 52.1 Å². The van der Waals surface area contributed by atoms with Gasteiger partial charge in [0.15, 0.2) is 5.82 Å². The summed E-state index contributed by atoms with van der Waals surface area (Å²) in [6.07, 6.45) is 1.98. The fraction of sp³-hybridized carbons (Fsp3) is 0.333. The Balaban J connectivity index is 1.50. The van der Waals surface area contributed by atoms with Crippen LogP contribution < -0.4 is 16.2 Å². The zero-order valence-corrected chi connectivity index (χ0v) is 21.6. The second-order valence-electron chi connectivity index (χ2n) is 10.2. The third-order valence-electron chi connectivity index (χ3n) is 8.13. The molecule has 0 unspecified atom stereocenters. The van der Waals surface area contributed by atoms with E-state index in [9.17, 15) is 18.8 Å². The van der Waals surface area contributed by atoms with Gasteiger partial charge in [0.1, 0.15) is 6.07 Å². The average molecular weight is 554 g/mol. The third-order valence-corrected chi connectivity index (χ3v) is 8.41. The number of nitriles is 1. The molecule has 3 N–H and O–H groups in total. The van der Waals surface area contributed by atoms with Gasteiger partial charge in [0.05, 0.1) is 44.8 Å². The molecule has 2 aromatic heterocycles. The van der Waals surface area contributed by atoms with E-state index in [2.05, 4.69) is 21.4 Å². The largest absolute Gasteiger partial charge is 0.370 e. The molecule has 8 nitrogen and oxygen atoms in total. The second kappa shape index (κ2) is 8.83. The summed E-state index contributed by atoms with van der Waals surface area (Å²) in [5, 5.41) is 21.8. The lowest BCUT2D eigenvalue weighted by Gasteiger charge is -2.35. The van der Waals surface area contributed by atoms with Gasteiger partial charge in [0.25, 0.3) is 11.5 Å². The molecule has 0 bridgehead atoms. The van der Waals surface area contributed by atoms with Crippen molar-refractivity contribution in [1.29, 1.82) is 5.26 Å². The van der Waals surface area contributed by atoms with Gasteiger partial charge >= 0.3 is 0 Å². The highest BCUT2D eigenvalue weighted by Crippen LogP contribution is 2.66. The predicted molar refractivity (Wildman–Crippen MR) is 141 cm³/mol. The summed E-state index contributed by atoms with van der Waals surface area (Å²) < 4.78 is 45.1. The summed E-state index contributed by atoms with van der Waals surface area (Å²) in [5.74, 6) is -3.44. The van der Waals surface area contributed by atoms with E-state index in [4.69, 9.17) is 17.3 Å². The number of H-pyrrole nitrogens is 1. The van der Waals surface area contributed by atoms with Crippen LogP contribution in [0.5, 0.6) is 0 Å². The van der Waals surface area contributed by atoms with E-state index in [1.54, 1.807) is 31.4 Å². The van der Waals surface area contributed by atoms with Crippen LogP contribution in [0, 0.1) is 22.6 Å². The molecule has 39 heavy (non-hydrogen) atoms. The molecule has 3 heterocycles. The zero-order valence-electron chi connectivity index (χ0n) is 20.9. The van der Waals surface area contributed by atoms with Crippen molar-refractivity contribution in [3.63, 3.8) is 0 Å². The summed E-state index contributed by atoms with van der Waals surface area (Å²) in [6.45, 7) is 0.695. The van der Waals surface area contributed by atoms with Crippen LogP contribution >= 0.6 is 11.6 Å². The minimum absolute atomic E-state index is 0.0322. The monoisotopic (exact) mass is 553 g/mol. The highest BCUT2D eigenvalue weighted by Gasteiger charge is 2.70. The summed E-state index contributed by atoms with van der Waals surface area (Å²) >= 11 is 6.36. The molecule has 1 aliphatic heterocycles. The average Bonchev–Trinajstić information content (AvgIpc) is 3.23. The second-order valence-corrected chi connectivity index (χ2v) is 10.6. The van der Waals surface area contributed by atoms with Gasteiger partial charge in [-0.15, -0.1) is 0 Å². The van der Waals surface area contributed by atoms with Crippen molar-refractivity contribution in [1.82, 2.24) is 20.0 Å². The van der Waals surface area contributed by atoms with Gasteiger partial charge in [-0.2, -0.15) is 15.5 Å². The number of piperidine rings is 1. The Labute approximate surface area is 225 Å². The van der Waals surface area contributed by atoms with Gasteiger partial charge in [-0.3, -0.25) is 9.48 Å². The maximum absolute atomic E-state index is 15.8. The molecule has 0 radical (unpaired) electrons. The van der Waals surface area contributed by atoms with E-state index in [1.165, 1.54) is 10.7 Å². The number of hydrogen-bond acceptors (Lipinski definition) is 6. The normalized spacial score (nSPS) is 17.5. The number of anilines is 1. The highest BCUT2D eigenvalue weighted by atomic mass is 35.5. The summed E-state index contributed by atoms with van der Waals surface area (Å²) in [5.41, 5.74) is 6.78. The number of benzene rings is 2. The molecule has 6 rings (SSSR count). The lowest BCUT2D eigenvalue weighted by atomic mass is 9.91. The molecule has 12 heteroatoms. The van der Waals surface area contributed by atoms with Crippen LogP contribution in [0.3, 0.4) is 0 Å². The molecule has 1 aliphatic carbocycles. The van der Waals surface area contributed by atoms with Crippen molar-refractivity contribution in [2.45, 2.75) is 31.7 Å². The quantitative estimate of drug-likeness (QED) is 0.377. The minimum atomic E-state index is -2.66. The van der Waals surface area contributed by atoms with E-state index in [0.717, 1.165) is 0 Å². The van der Waals surface area contributed by atoms with Gasteiger partial charge in [-0.1, -0.05) is 17.7 Å². The number of alkyl halides is 2. The fourth-order valence-corrected chi connectivity index (χ4v) is 5.98. The number of hydrogen-bond donors (Lipinski definition) is 2. The molecule has 1 spiro atoms. The lowest BCUT2D eigenvalue weighted by molar-refractivity contribution is 0.0537. The SMILES string of the molecule is Cn1ncc(-c2ccc3c(=O)[nH]nc(CN)c3c2)c1-c1c(F)c(Cl)cc(N2CCC3(CC2)CC3(F)F)c1C#N. The minimum Gasteiger partial charge on any atom is -0.370 e. The van der Waals surface area contributed by atoms with E-state index >= 15 is 4.39 Å². The Morgan fingerprint density at radius 3 is 2.59 bits per heavy atom. The van der Waals surface area contributed by atoms with Crippen LogP contribution in [-0.2, 0) is 13.6 Å². The first-order chi connectivity index (χ1) is 18.6.